The second-order valence-electron chi connectivity index (χ2n) is 4.57. The summed E-state index contributed by atoms with van der Waals surface area (Å²) >= 11 is 0. The van der Waals surface area contributed by atoms with Gasteiger partial charge in [0.1, 0.15) is 6.61 Å². The molecule has 20 heavy (non-hydrogen) atoms. The van der Waals surface area contributed by atoms with E-state index in [1.807, 2.05) is 55.5 Å². The first-order valence-electron chi connectivity index (χ1n) is 6.55. The van der Waals surface area contributed by atoms with E-state index in [0.29, 0.717) is 12.4 Å². The Labute approximate surface area is 119 Å². The van der Waals surface area contributed by atoms with Gasteiger partial charge in [0, 0.05) is 6.04 Å². The molecule has 0 unspecified atom stereocenters. The summed E-state index contributed by atoms with van der Waals surface area (Å²) in [6.07, 6.45) is 0. The van der Waals surface area contributed by atoms with Crippen molar-refractivity contribution >= 4 is 0 Å². The summed E-state index contributed by atoms with van der Waals surface area (Å²) in [7, 11) is 1.63. The van der Waals surface area contributed by atoms with Crippen LogP contribution in [0.4, 0.5) is 0 Å². The van der Waals surface area contributed by atoms with Crippen LogP contribution in [0.5, 0.6) is 11.5 Å². The molecular weight excluding hydrogens is 252 g/mol. The van der Waals surface area contributed by atoms with Crippen LogP contribution in [0.2, 0.25) is 0 Å². The molecule has 2 rings (SSSR count). The van der Waals surface area contributed by atoms with Crippen molar-refractivity contribution in [3.63, 3.8) is 0 Å². The van der Waals surface area contributed by atoms with Crippen LogP contribution in [-0.2, 0) is 6.61 Å². The average molecular weight is 272 g/mol. The Morgan fingerprint density at radius 2 is 1.85 bits per heavy atom. The smallest absolute Gasteiger partial charge is 0.161 e. The Morgan fingerprint density at radius 3 is 2.50 bits per heavy atom. The first-order valence-corrected chi connectivity index (χ1v) is 6.55. The summed E-state index contributed by atoms with van der Waals surface area (Å²) in [6, 6.07) is 15.9. The van der Waals surface area contributed by atoms with Gasteiger partial charge in [0.05, 0.1) is 7.11 Å². The van der Waals surface area contributed by atoms with Crippen LogP contribution in [0, 0.1) is 0 Å². The average Bonchev–Trinajstić information content (AvgIpc) is 2.53. The van der Waals surface area contributed by atoms with Gasteiger partial charge in [-0.05, 0) is 30.2 Å². The molecule has 106 valence electrons. The van der Waals surface area contributed by atoms with Gasteiger partial charge >= 0.3 is 0 Å². The number of nitrogens with two attached hydrogens (primary N) is 1. The minimum absolute atomic E-state index is 0.0621. The van der Waals surface area contributed by atoms with Gasteiger partial charge in [0.25, 0.3) is 0 Å². The number of benzene rings is 2. The van der Waals surface area contributed by atoms with Gasteiger partial charge < -0.3 is 9.47 Å². The number of rotatable bonds is 6. The third-order valence-corrected chi connectivity index (χ3v) is 3.17. The Hall–Kier alpha value is -2.04. The maximum Gasteiger partial charge on any atom is 0.161 e. The Morgan fingerprint density at radius 1 is 1.10 bits per heavy atom. The van der Waals surface area contributed by atoms with E-state index in [4.69, 9.17) is 15.3 Å². The Bertz CT molecular complexity index is 543. The summed E-state index contributed by atoms with van der Waals surface area (Å²) in [5, 5.41) is 0. The predicted molar refractivity (Wildman–Crippen MR) is 79.5 cm³/mol. The molecule has 4 nitrogen and oxygen atoms in total. The SMILES string of the molecule is COc1cc([C@H](C)NN)ccc1OCc1ccccc1. The number of nitrogens with one attached hydrogen (secondary N) is 1. The third kappa shape index (κ3) is 3.50. The van der Waals surface area contributed by atoms with E-state index in [0.717, 1.165) is 16.9 Å². The quantitative estimate of drug-likeness (QED) is 0.627. The molecule has 0 saturated heterocycles. The van der Waals surface area contributed by atoms with Gasteiger partial charge in [-0.2, -0.15) is 0 Å². The molecule has 0 radical (unpaired) electrons. The molecule has 0 spiro atoms. The number of hydrogen-bond acceptors (Lipinski definition) is 4. The van der Waals surface area contributed by atoms with Crippen molar-refractivity contribution in [1.29, 1.82) is 0 Å². The standard InChI is InChI=1S/C16H20N2O2/c1-12(18-17)14-8-9-15(16(10-14)19-2)20-11-13-6-4-3-5-7-13/h3-10,12,18H,11,17H2,1-2H3/t12-/m0/s1. The molecule has 0 heterocycles. The lowest BCUT2D eigenvalue weighted by Crippen LogP contribution is -2.25. The van der Waals surface area contributed by atoms with Gasteiger partial charge in [0.15, 0.2) is 11.5 Å². The summed E-state index contributed by atoms with van der Waals surface area (Å²) < 4.78 is 11.2. The molecule has 0 aliphatic rings. The monoisotopic (exact) mass is 272 g/mol. The molecule has 0 fully saturated rings. The van der Waals surface area contributed by atoms with Crippen molar-refractivity contribution < 1.29 is 9.47 Å². The fourth-order valence-electron chi connectivity index (χ4n) is 1.90. The highest BCUT2D eigenvalue weighted by molar-refractivity contribution is 5.43. The topological polar surface area (TPSA) is 56.5 Å². The zero-order chi connectivity index (χ0) is 14.4. The number of ether oxygens (including phenoxy) is 2. The van der Waals surface area contributed by atoms with Crippen molar-refractivity contribution in [3.8, 4) is 11.5 Å². The lowest BCUT2D eigenvalue weighted by Gasteiger charge is -2.15. The van der Waals surface area contributed by atoms with Crippen molar-refractivity contribution in [1.82, 2.24) is 5.43 Å². The molecule has 0 amide bonds. The number of methoxy groups -OCH3 is 1. The van der Waals surface area contributed by atoms with Gasteiger partial charge in [-0.3, -0.25) is 11.3 Å². The molecule has 0 aliphatic carbocycles. The van der Waals surface area contributed by atoms with Crippen LogP contribution in [0.1, 0.15) is 24.1 Å². The molecule has 0 aliphatic heterocycles. The Kier molecular flexibility index (Phi) is 4.98. The fraction of sp³-hybridized carbons (Fsp3) is 0.250. The van der Waals surface area contributed by atoms with Crippen LogP contribution in [0.15, 0.2) is 48.5 Å². The molecule has 1 atom stereocenters. The highest BCUT2D eigenvalue weighted by Gasteiger charge is 2.09. The summed E-state index contributed by atoms with van der Waals surface area (Å²) in [5.74, 6) is 6.88. The number of hydrogen-bond donors (Lipinski definition) is 2. The van der Waals surface area contributed by atoms with Crippen LogP contribution in [0.3, 0.4) is 0 Å². The lowest BCUT2D eigenvalue weighted by molar-refractivity contribution is 0.284. The minimum atomic E-state index is 0.0621. The summed E-state index contributed by atoms with van der Waals surface area (Å²) in [4.78, 5) is 0. The van der Waals surface area contributed by atoms with E-state index in [1.165, 1.54) is 0 Å². The van der Waals surface area contributed by atoms with E-state index in [2.05, 4.69) is 5.43 Å². The second kappa shape index (κ2) is 6.93. The molecule has 2 aromatic carbocycles. The summed E-state index contributed by atoms with van der Waals surface area (Å²) in [6.45, 7) is 2.50. The lowest BCUT2D eigenvalue weighted by atomic mass is 10.1. The molecule has 4 heteroatoms. The first-order chi connectivity index (χ1) is 9.74. The van der Waals surface area contributed by atoms with Gasteiger partial charge in [-0.25, -0.2) is 0 Å². The van der Waals surface area contributed by atoms with Crippen LogP contribution < -0.4 is 20.7 Å². The largest absolute Gasteiger partial charge is 0.493 e. The van der Waals surface area contributed by atoms with Crippen molar-refractivity contribution in [2.45, 2.75) is 19.6 Å². The molecule has 0 saturated carbocycles. The van der Waals surface area contributed by atoms with E-state index in [1.54, 1.807) is 7.11 Å². The number of hydrazine groups is 1. The van der Waals surface area contributed by atoms with Crippen molar-refractivity contribution in [3.05, 3.63) is 59.7 Å². The summed E-state index contributed by atoms with van der Waals surface area (Å²) in [5.41, 5.74) is 4.89. The van der Waals surface area contributed by atoms with E-state index >= 15 is 0 Å². The van der Waals surface area contributed by atoms with Crippen LogP contribution >= 0.6 is 0 Å². The Balaban J connectivity index is 2.11. The second-order valence-corrected chi connectivity index (χ2v) is 4.57. The van der Waals surface area contributed by atoms with Crippen LogP contribution in [-0.4, -0.2) is 7.11 Å². The van der Waals surface area contributed by atoms with E-state index in [9.17, 15) is 0 Å². The molecule has 3 N–H and O–H groups in total. The van der Waals surface area contributed by atoms with Gasteiger partial charge in [0.2, 0.25) is 0 Å². The molecule has 0 bridgehead atoms. The maximum absolute atomic E-state index is 5.81. The van der Waals surface area contributed by atoms with Crippen molar-refractivity contribution in [2.24, 2.45) is 5.84 Å². The van der Waals surface area contributed by atoms with E-state index in [-0.39, 0.29) is 6.04 Å². The highest BCUT2D eigenvalue weighted by Crippen LogP contribution is 2.30. The molecular formula is C16H20N2O2. The third-order valence-electron chi connectivity index (χ3n) is 3.17. The maximum atomic E-state index is 5.81. The fourth-order valence-corrected chi connectivity index (χ4v) is 1.90. The van der Waals surface area contributed by atoms with Gasteiger partial charge in [-0.15, -0.1) is 0 Å². The molecule has 2 aromatic rings. The first kappa shape index (κ1) is 14.4. The minimum Gasteiger partial charge on any atom is -0.493 e. The zero-order valence-electron chi connectivity index (χ0n) is 11.8. The zero-order valence-corrected chi connectivity index (χ0v) is 11.8. The van der Waals surface area contributed by atoms with Gasteiger partial charge in [-0.1, -0.05) is 36.4 Å². The van der Waals surface area contributed by atoms with Crippen LogP contribution in [0.25, 0.3) is 0 Å². The highest BCUT2D eigenvalue weighted by atomic mass is 16.5. The van der Waals surface area contributed by atoms with Crippen molar-refractivity contribution in [2.75, 3.05) is 7.11 Å². The normalized spacial score (nSPS) is 11.9. The van der Waals surface area contributed by atoms with E-state index < -0.39 is 0 Å². The predicted octanol–water partition coefficient (Wildman–Crippen LogP) is 2.80. The molecule has 0 aromatic heterocycles.